The predicted molar refractivity (Wildman–Crippen MR) is 32.5 cm³/mol. The normalized spacial score (nSPS) is 8.00. The van der Waals surface area contributed by atoms with Gasteiger partial charge in [-0.25, -0.2) is 0 Å². The first-order valence-electron chi connectivity index (χ1n) is 2.73. The summed E-state index contributed by atoms with van der Waals surface area (Å²) in [5.74, 6) is 0.280. The Morgan fingerprint density at radius 3 is 2.27 bits per heavy atom. The molecule has 0 heterocycles. The van der Waals surface area contributed by atoms with Crippen molar-refractivity contribution in [1.29, 1.82) is 0 Å². The monoisotopic (exact) mass is 160 g/mol. The quantitative estimate of drug-likeness (QED) is 0.257. The van der Waals surface area contributed by atoms with Crippen molar-refractivity contribution in [2.45, 2.75) is 0 Å². The predicted octanol–water partition coefficient (Wildman–Crippen LogP) is -2.59. The Morgan fingerprint density at radius 2 is 1.82 bits per heavy atom. The Balaban J connectivity index is 0.000001000. The molecule has 0 aliphatic rings. The van der Waals surface area contributed by atoms with Crippen LogP contribution in [-0.2, 0) is 0 Å². The van der Waals surface area contributed by atoms with Crippen LogP contribution in [0.4, 0.5) is 4.79 Å². The van der Waals surface area contributed by atoms with Gasteiger partial charge >= 0.3 is 29.6 Å². The molecule has 0 atom stereocenters. The topological polar surface area (TPSA) is 49.4 Å². The maximum Gasteiger partial charge on any atom is 1.00 e. The van der Waals surface area contributed by atoms with E-state index in [1.54, 1.807) is 18.2 Å². The standard InChI is InChI=1S/C7H6O3.Na/c8-7(9)10-6-4-2-1-3-5-6;/h1-5H,(H,8,9);/q;+1/p-1. The van der Waals surface area contributed by atoms with Crippen LogP contribution in [0.15, 0.2) is 30.3 Å². The minimum Gasteiger partial charge on any atom is -0.514 e. The fraction of sp³-hybridized carbons (Fsp3) is 0. The first kappa shape index (κ1) is 10.5. The van der Waals surface area contributed by atoms with Crippen molar-refractivity contribution in [3.8, 4) is 5.75 Å². The Hall–Kier alpha value is -0.510. The van der Waals surface area contributed by atoms with Crippen LogP contribution >= 0.6 is 0 Å². The average molecular weight is 160 g/mol. The Bertz CT molecular complexity index is 222. The van der Waals surface area contributed by atoms with Gasteiger partial charge in [0, 0.05) is 0 Å². The molecule has 1 aromatic rings. The van der Waals surface area contributed by atoms with Crippen LogP contribution in [-0.4, -0.2) is 6.16 Å². The summed E-state index contributed by atoms with van der Waals surface area (Å²) < 4.78 is 4.22. The summed E-state index contributed by atoms with van der Waals surface area (Å²) >= 11 is 0. The maximum atomic E-state index is 9.84. The number of para-hydroxylation sites is 1. The minimum absolute atomic E-state index is 0. The van der Waals surface area contributed by atoms with E-state index in [1.807, 2.05) is 0 Å². The van der Waals surface area contributed by atoms with Crippen LogP contribution in [0, 0.1) is 0 Å². The summed E-state index contributed by atoms with van der Waals surface area (Å²) in [6, 6.07) is 8.20. The van der Waals surface area contributed by atoms with Crippen LogP contribution in [0.5, 0.6) is 5.75 Å². The molecule has 0 aliphatic heterocycles. The number of hydrogen-bond acceptors (Lipinski definition) is 3. The summed E-state index contributed by atoms with van der Waals surface area (Å²) in [7, 11) is 0. The van der Waals surface area contributed by atoms with E-state index >= 15 is 0 Å². The van der Waals surface area contributed by atoms with Gasteiger partial charge in [0.05, 0.1) is 5.75 Å². The van der Waals surface area contributed by atoms with Crippen molar-refractivity contribution < 1.29 is 44.2 Å². The summed E-state index contributed by atoms with van der Waals surface area (Å²) in [5.41, 5.74) is 0. The van der Waals surface area contributed by atoms with Crippen molar-refractivity contribution >= 4 is 6.16 Å². The van der Waals surface area contributed by atoms with Crippen molar-refractivity contribution in [3.63, 3.8) is 0 Å². The molecule has 0 radical (unpaired) electrons. The van der Waals surface area contributed by atoms with E-state index in [4.69, 9.17) is 0 Å². The molecular formula is C7H5NaO3. The molecule has 52 valence electrons. The van der Waals surface area contributed by atoms with Gasteiger partial charge < -0.3 is 14.6 Å². The molecule has 0 saturated heterocycles. The van der Waals surface area contributed by atoms with E-state index in [0.717, 1.165) is 0 Å². The van der Waals surface area contributed by atoms with Gasteiger partial charge in [-0.2, -0.15) is 0 Å². The molecule has 0 spiro atoms. The number of rotatable bonds is 1. The van der Waals surface area contributed by atoms with Crippen LogP contribution in [0.1, 0.15) is 0 Å². The molecule has 11 heavy (non-hydrogen) atoms. The van der Waals surface area contributed by atoms with Crippen LogP contribution < -0.4 is 39.4 Å². The molecule has 0 N–H and O–H groups in total. The molecule has 0 amide bonds. The number of benzene rings is 1. The molecule has 0 bridgehead atoms. The van der Waals surface area contributed by atoms with Gasteiger partial charge in [-0.1, -0.05) is 18.2 Å². The average Bonchev–Trinajstić information content (AvgIpc) is 1.88. The molecule has 1 rings (SSSR count). The van der Waals surface area contributed by atoms with Crippen molar-refractivity contribution in [3.05, 3.63) is 30.3 Å². The second-order valence-electron chi connectivity index (χ2n) is 1.67. The number of hydrogen-bond donors (Lipinski definition) is 0. The van der Waals surface area contributed by atoms with Crippen LogP contribution in [0.3, 0.4) is 0 Å². The van der Waals surface area contributed by atoms with E-state index in [0.29, 0.717) is 0 Å². The number of carbonyl (C=O) groups excluding carboxylic acids is 1. The molecule has 0 fully saturated rings. The zero-order valence-electron chi connectivity index (χ0n) is 6.11. The fourth-order valence-corrected chi connectivity index (χ4v) is 0.585. The van der Waals surface area contributed by atoms with E-state index in [1.165, 1.54) is 12.1 Å². The summed E-state index contributed by atoms with van der Waals surface area (Å²) in [4.78, 5) is 9.84. The van der Waals surface area contributed by atoms with Gasteiger partial charge in [0.2, 0.25) is 0 Å². The summed E-state index contributed by atoms with van der Waals surface area (Å²) in [6.45, 7) is 0. The van der Waals surface area contributed by atoms with Gasteiger partial charge in [-0.05, 0) is 12.1 Å². The van der Waals surface area contributed by atoms with E-state index < -0.39 is 6.16 Å². The SMILES string of the molecule is O=C([O-])Oc1ccccc1.[Na+]. The third kappa shape index (κ3) is 4.03. The third-order valence-electron chi connectivity index (χ3n) is 0.944. The van der Waals surface area contributed by atoms with E-state index in [9.17, 15) is 9.90 Å². The Kier molecular flexibility index (Phi) is 4.94. The largest absolute Gasteiger partial charge is 1.00 e. The Labute approximate surface area is 86.3 Å². The van der Waals surface area contributed by atoms with Gasteiger partial charge in [0.25, 0.3) is 6.16 Å². The van der Waals surface area contributed by atoms with Gasteiger partial charge in [-0.15, -0.1) is 0 Å². The van der Waals surface area contributed by atoms with Crippen LogP contribution in [0.2, 0.25) is 0 Å². The molecule has 0 aromatic heterocycles. The minimum atomic E-state index is -1.54. The number of ether oxygens (including phenoxy) is 1. The second-order valence-corrected chi connectivity index (χ2v) is 1.67. The number of carbonyl (C=O) groups is 1. The molecule has 0 unspecified atom stereocenters. The van der Waals surface area contributed by atoms with Gasteiger partial charge in [0.1, 0.15) is 0 Å². The molecule has 3 nitrogen and oxygen atoms in total. The van der Waals surface area contributed by atoms with Gasteiger partial charge in [0.15, 0.2) is 0 Å². The molecule has 0 saturated carbocycles. The maximum absolute atomic E-state index is 9.84. The molecule has 0 aliphatic carbocycles. The summed E-state index contributed by atoms with van der Waals surface area (Å²) in [6.07, 6.45) is -1.54. The van der Waals surface area contributed by atoms with Crippen molar-refractivity contribution in [2.75, 3.05) is 0 Å². The first-order chi connectivity index (χ1) is 4.79. The van der Waals surface area contributed by atoms with E-state index in [-0.39, 0.29) is 35.3 Å². The second kappa shape index (κ2) is 5.18. The molecular weight excluding hydrogens is 155 g/mol. The smallest absolute Gasteiger partial charge is 0.514 e. The third-order valence-corrected chi connectivity index (χ3v) is 0.944. The summed E-state index contributed by atoms with van der Waals surface area (Å²) in [5, 5.41) is 9.84. The van der Waals surface area contributed by atoms with Crippen LogP contribution in [0.25, 0.3) is 0 Å². The molecule has 1 aromatic carbocycles. The van der Waals surface area contributed by atoms with Gasteiger partial charge in [-0.3, -0.25) is 0 Å². The fourth-order valence-electron chi connectivity index (χ4n) is 0.585. The van der Waals surface area contributed by atoms with Crippen molar-refractivity contribution in [1.82, 2.24) is 0 Å². The molecule has 4 heteroatoms. The van der Waals surface area contributed by atoms with Crippen molar-refractivity contribution in [2.24, 2.45) is 0 Å². The zero-order valence-corrected chi connectivity index (χ0v) is 8.11. The zero-order chi connectivity index (χ0) is 7.40. The Morgan fingerprint density at radius 1 is 1.27 bits per heavy atom. The number of carboxylic acid groups (broad SMARTS) is 1. The van der Waals surface area contributed by atoms with E-state index in [2.05, 4.69) is 4.74 Å². The first-order valence-corrected chi connectivity index (χ1v) is 2.73.